The molecule has 0 saturated carbocycles. The summed E-state index contributed by atoms with van der Waals surface area (Å²) in [6.45, 7) is 6.10. The Hall–Kier alpha value is -3.28. The molecule has 1 aromatic heterocycles. The van der Waals surface area contributed by atoms with Crippen LogP contribution in [0.5, 0.6) is 5.75 Å². The van der Waals surface area contributed by atoms with Gasteiger partial charge in [-0.3, -0.25) is 0 Å². The van der Waals surface area contributed by atoms with E-state index in [9.17, 15) is 10.5 Å². The lowest BCUT2D eigenvalue weighted by atomic mass is 9.95. The molecule has 2 aromatic rings. The van der Waals surface area contributed by atoms with Crippen molar-refractivity contribution < 1.29 is 4.74 Å². The molecule has 6 heteroatoms. The molecule has 1 aliphatic carbocycles. The molecule has 0 aliphatic heterocycles. The summed E-state index contributed by atoms with van der Waals surface area (Å²) in [5.74, 6) is 0.823. The van der Waals surface area contributed by atoms with Gasteiger partial charge < -0.3 is 10.5 Å². The highest BCUT2D eigenvalue weighted by Gasteiger charge is 2.29. The minimum Gasteiger partial charge on any atom is -0.493 e. The van der Waals surface area contributed by atoms with E-state index in [-0.39, 0.29) is 5.82 Å². The third-order valence-electron chi connectivity index (χ3n) is 4.56. The second kappa shape index (κ2) is 7.15. The number of benzene rings is 1. The van der Waals surface area contributed by atoms with Gasteiger partial charge in [0.1, 0.15) is 23.7 Å². The van der Waals surface area contributed by atoms with Crippen molar-refractivity contribution in [2.45, 2.75) is 20.8 Å². The quantitative estimate of drug-likeness (QED) is 0.833. The second-order valence-corrected chi connectivity index (χ2v) is 6.55. The normalized spacial score (nSPS) is 14.1. The number of nitriles is 2. The predicted molar refractivity (Wildman–Crippen MR) is 107 cm³/mol. The van der Waals surface area contributed by atoms with Crippen molar-refractivity contribution in [1.82, 2.24) is 4.98 Å². The number of fused-ring (bicyclic) bond motifs is 1. The lowest BCUT2D eigenvalue weighted by Crippen LogP contribution is -2.04. The van der Waals surface area contributed by atoms with Gasteiger partial charge in [-0.25, -0.2) is 4.98 Å². The van der Waals surface area contributed by atoms with Crippen molar-refractivity contribution in [2.24, 2.45) is 0 Å². The van der Waals surface area contributed by atoms with Gasteiger partial charge in [-0.15, -0.1) is 0 Å². The zero-order valence-corrected chi connectivity index (χ0v) is 16.0. The van der Waals surface area contributed by atoms with Crippen LogP contribution in [0.25, 0.3) is 17.2 Å². The highest BCUT2D eigenvalue weighted by atomic mass is 35.5. The van der Waals surface area contributed by atoms with Crippen LogP contribution in [0, 0.1) is 29.6 Å². The van der Waals surface area contributed by atoms with E-state index < -0.39 is 0 Å². The number of allylic oxidation sites excluding steroid dienone is 3. The van der Waals surface area contributed by atoms with E-state index >= 15 is 0 Å². The zero-order valence-electron chi connectivity index (χ0n) is 15.2. The topological polar surface area (TPSA) is 95.7 Å². The molecule has 3 rings (SSSR count). The Morgan fingerprint density at radius 2 is 2.00 bits per heavy atom. The highest BCUT2D eigenvalue weighted by molar-refractivity contribution is 6.30. The summed E-state index contributed by atoms with van der Waals surface area (Å²) < 4.78 is 5.70. The molecule has 0 saturated heterocycles. The molecule has 0 radical (unpaired) electrons. The molecule has 0 bridgehead atoms. The second-order valence-electron chi connectivity index (χ2n) is 6.12. The lowest BCUT2D eigenvalue weighted by Gasteiger charge is -2.12. The van der Waals surface area contributed by atoms with Crippen molar-refractivity contribution in [1.29, 1.82) is 10.5 Å². The number of rotatable bonds is 3. The van der Waals surface area contributed by atoms with Crippen molar-refractivity contribution in [3.63, 3.8) is 0 Å². The van der Waals surface area contributed by atoms with Gasteiger partial charge in [0.15, 0.2) is 0 Å². The molecular formula is C21H17ClN4O. The van der Waals surface area contributed by atoms with Crippen LogP contribution in [0.3, 0.4) is 0 Å². The standard InChI is InChI=1S/C21H17ClN4O/c1-4-27-18-6-5-14(22)7-13(18)8-15-11(2)16(9-23)20-19(15)12(3)17(10-24)21(25)26-20/h5-8H,4H2,1-3H3,(H2,25,26)/b15-8+. The minimum absolute atomic E-state index is 0.133. The molecule has 1 aliphatic rings. The average Bonchev–Trinajstić information content (AvgIpc) is 2.89. The van der Waals surface area contributed by atoms with E-state index in [0.29, 0.717) is 39.8 Å². The van der Waals surface area contributed by atoms with Crippen LogP contribution in [0.4, 0.5) is 5.82 Å². The highest BCUT2D eigenvalue weighted by Crippen LogP contribution is 2.44. The SMILES string of the molecule is CCOc1ccc(Cl)cc1/C=C1\C(C)=C(C#N)c2nc(N)c(C#N)c(C)c21. The van der Waals surface area contributed by atoms with Crippen molar-refractivity contribution in [3.05, 3.63) is 56.7 Å². The molecule has 1 aromatic carbocycles. The Kier molecular flexibility index (Phi) is 4.90. The average molecular weight is 377 g/mol. The molecular weight excluding hydrogens is 360 g/mol. The van der Waals surface area contributed by atoms with Crippen LogP contribution in [-0.2, 0) is 0 Å². The summed E-state index contributed by atoms with van der Waals surface area (Å²) in [7, 11) is 0. The summed E-state index contributed by atoms with van der Waals surface area (Å²) in [6.07, 6.45) is 1.92. The van der Waals surface area contributed by atoms with Crippen LogP contribution >= 0.6 is 11.6 Å². The summed E-state index contributed by atoms with van der Waals surface area (Å²) in [4.78, 5) is 4.33. The largest absolute Gasteiger partial charge is 0.493 e. The Morgan fingerprint density at radius 3 is 2.63 bits per heavy atom. The molecule has 0 amide bonds. The Labute approximate surface area is 163 Å². The first kappa shape index (κ1) is 18.5. The predicted octanol–water partition coefficient (Wildman–Crippen LogP) is 4.75. The van der Waals surface area contributed by atoms with Gasteiger partial charge in [0.25, 0.3) is 0 Å². The van der Waals surface area contributed by atoms with Crippen LogP contribution in [0.1, 0.15) is 41.8 Å². The number of anilines is 1. The summed E-state index contributed by atoms with van der Waals surface area (Å²) in [6, 6.07) is 9.70. The summed E-state index contributed by atoms with van der Waals surface area (Å²) >= 11 is 6.17. The number of halogens is 1. The third-order valence-corrected chi connectivity index (χ3v) is 4.79. The molecule has 0 spiro atoms. The lowest BCUT2D eigenvalue weighted by molar-refractivity contribution is 0.339. The molecule has 27 heavy (non-hydrogen) atoms. The van der Waals surface area contributed by atoms with Crippen LogP contribution in [0.15, 0.2) is 23.8 Å². The summed E-state index contributed by atoms with van der Waals surface area (Å²) in [5, 5.41) is 19.7. The van der Waals surface area contributed by atoms with E-state index in [1.165, 1.54) is 0 Å². The Morgan fingerprint density at radius 1 is 1.26 bits per heavy atom. The molecule has 134 valence electrons. The maximum atomic E-state index is 9.63. The number of ether oxygens (including phenoxy) is 1. The fourth-order valence-corrected chi connectivity index (χ4v) is 3.45. The number of nitrogen functional groups attached to an aromatic ring is 1. The first-order chi connectivity index (χ1) is 12.9. The number of hydrogen-bond donors (Lipinski definition) is 1. The monoisotopic (exact) mass is 376 g/mol. The van der Waals surface area contributed by atoms with E-state index in [2.05, 4.69) is 17.1 Å². The van der Waals surface area contributed by atoms with E-state index in [0.717, 1.165) is 22.3 Å². The Balaban J connectivity index is 2.33. The first-order valence-corrected chi connectivity index (χ1v) is 8.77. The Bertz CT molecular complexity index is 1100. The van der Waals surface area contributed by atoms with E-state index in [1.807, 2.05) is 39.0 Å². The van der Waals surface area contributed by atoms with Gasteiger partial charge in [0, 0.05) is 16.1 Å². The summed E-state index contributed by atoms with van der Waals surface area (Å²) in [5.41, 5.74) is 11.0. The van der Waals surface area contributed by atoms with Gasteiger partial charge >= 0.3 is 0 Å². The van der Waals surface area contributed by atoms with Crippen molar-refractivity contribution in [2.75, 3.05) is 12.3 Å². The van der Waals surface area contributed by atoms with Gasteiger partial charge in [-0.05, 0) is 61.8 Å². The molecule has 1 heterocycles. The molecule has 2 N–H and O–H groups in total. The maximum Gasteiger partial charge on any atom is 0.142 e. The number of pyridine rings is 1. The van der Waals surface area contributed by atoms with Gasteiger partial charge in [0.05, 0.1) is 23.4 Å². The maximum absolute atomic E-state index is 9.63. The van der Waals surface area contributed by atoms with E-state index in [4.69, 9.17) is 22.1 Å². The fourth-order valence-electron chi connectivity index (χ4n) is 3.27. The van der Waals surface area contributed by atoms with Gasteiger partial charge in [-0.1, -0.05) is 11.6 Å². The molecule has 0 fully saturated rings. The molecule has 5 nitrogen and oxygen atoms in total. The van der Waals surface area contributed by atoms with E-state index in [1.54, 1.807) is 6.07 Å². The molecule has 0 atom stereocenters. The minimum atomic E-state index is 0.133. The smallest absolute Gasteiger partial charge is 0.142 e. The van der Waals surface area contributed by atoms with Crippen molar-refractivity contribution >= 4 is 34.6 Å². The molecule has 0 unspecified atom stereocenters. The zero-order chi connectivity index (χ0) is 19.7. The van der Waals surface area contributed by atoms with Crippen LogP contribution in [-0.4, -0.2) is 11.6 Å². The number of nitrogens with zero attached hydrogens (tertiary/aromatic N) is 3. The first-order valence-electron chi connectivity index (χ1n) is 8.39. The fraction of sp³-hybridized carbons (Fsp3) is 0.190. The van der Waals surface area contributed by atoms with Crippen LogP contribution in [0.2, 0.25) is 5.02 Å². The van der Waals surface area contributed by atoms with Gasteiger partial charge in [-0.2, -0.15) is 10.5 Å². The number of nitrogens with two attached hydrogens (primary N) is 1. The van der Waals surface area contributed by atoms with Crippen LogP contribution < -0.4 is 10.5 Å². The third kappa shape index (κ3) is 3.03. The van der Waals surface area contributed by atoms with Crippen molar-refractivity contribution in [3.8, 4) is 17.9 Å². The van der Waals surface area contributed by atoms with Gasteiger partial charge in [0.2, 0.25) is 0 Å². The number of aromatic nitrogens is 1. The number of hydrogen-bond acceptors (Lipinski definition) is 5.